The molecule has 1 saturated heterocycles. The summed E-state index contributed by atoms with van der Waals surface area (Å²) in [5.74, 6) is 1.23. The first kappa shape index (κ1) is 13.1. The van der Waals surface area contributed by atoms with E-state index in [1.165, 1.54) is 6.42 Å². The zero-order chi connectivity index (χ0) is 13.9. The Bertz CT molecular complexity index is 589. The molecule has 1 unspecified atom stereocenters. The molecule has 0 radical (unpaired) electrons. The van der Waals surface area contributed by atoms with Crippen LogP contribution in [0.2, 0.25) is 0 Å². The van der Waals surface area contributed by atoms with E-state index in [0.29, 0.717) is 18.1 Å². The van der Waals surface area contributed by atoms with E-state index in [4.69, 9.17) is 15.0 Å². The van der Waals surface area contributed by atoms with Crippen LogP contribution in [0.3, 0.4) is 0 Å². The summed E-state index contributed by atoms with van der Waals surface area (Å²) in [7, 11) is 0. The van der Waals surface area contributed by atoms with Crippen molar-refractivity contribution < 1.29 is 9.26 Å². The third-order valence-corrected chi connectivity index (χ3v) is 3.76. The Balaban J connectivity index is 1.77. The van der Waals surface area contributed by atoms with Crippen molar-refractivity contribution in [3.05, 3.63) is 29.6 Å². The molecule has 1 aromatic carbocycles. The van der Waals surface area contributed by atoms with Crippen molar-refractivity contribution in [1.29, 1.82) is 0 Å². The maximum Gasteiger partial charge on any atom is 0.258 e. The van der Waals surface area contributed by atoms with E-state index < -0.39 is 0 Å². The minimum absolute atomic E-state index is 0.219. The van der Waals surface area contributed by atoms with Crippen molar-refractivity contribution in [2.45, 2.75) is 38.7 Å². The standard InChI is InChI=1S/C15H19N3O2/c1-10-12(6-4-7-13(10)16)15-17-14(18-20-15)9-11-5-2-3-8-19-11/h4,6-7,11H,2-3,5,8-9,16H2,1H3. The number of nitrogen functional groups attached to an aromatic ring is 1. The molecule has 1 atom stereocenters. The first-order valence-corrected chi connectivity index (χ1v) is 7.03. The van der Waals surface area contributed by atoms with Crippen molar-refractivity contribution >= 4 is 5.69 Å². The summed E-state index contributed by atoms with van der Waals surface area (Å²) in [5.41, 5.74) is 8.50. The van der Waals surface area contributed by atoms with Gasteiger partial charge in [-0.05, 0) is 43.9 Å². The van der Waals surface area contributed by atoms with E-state index in [0.717, 1.165) is 36.3 Å². The molecular formula is C15H19N3O2. The second-order valence-electron chi connectivity index (χ2n) is 5.23. The van der Waals surface area contributed by atoms with Crippen LogP contribution >= 0.6 is 0 Å². The number of hydrogen-bond donors (Lipinski definition) is 1. The van der Waals surface area contributed by atoms with Gasteiger partial charge < -0.3 is 15.0 Å². The van der Waals surface area contributed by atoms with Crippen LogP contribution < -0.4 is 5.73 Å². The van der Waals surface area contributed by atoms with E-state index in [2.05, 4.69) is 10.1 Å². The Kier molecular flexibility index (Phi) is 3.69. The third-order valence-electron chi connectivity index (χ3n) is 3.76. The van der Waals surface area contributed by atoms with Gasteiger partial charge in [0.05, 0.1) is 6.10 Å². The van der Waals surface area contributed by atoms with Gasteiger partial charge in [-0.25, -0.2) is 0 Å². The maximum atomic E-state index is 5.90. The van der Waals surface area contributed by atoms with Gasteiger partial charge in [0, 0.05) is 24.3 Å². The monoisotopic (exact) mass is 273 g/mol. The van der Waals surface area contributed by atoms with Gasteiger partial charge in [-0.15, -0.1) is 0 Å². The fourth-order valence-corrected chi connectivity index (χ4v) is 2.50. The van der Waals surface area contributed by atoms with E-state index >= 15 is 0 Å². The highest BCUT2D eigenvalue weighted by Gasteiger charge is 2.19. The lowest BCUT2D eigenvalue weighted by atomic mass is 10.1. The number of nitrogens with zero attached hydrogens (tertiary/aromatic N) is 2. The van der Waals surface area contributed by atoms with Crippen LogP contribution in [-0.2, 0) is 11.2 Å². The summed E-state index contributed by atoms with van der Waals surface area (Å²) in [6.45, 7) is 2.79. The van der Waals surface area contributed by atoms with E-state index in [9.17, 15) is 0 Å². The highest BCUT2D eigenvalue weighted by molar-refractivity contribution is 5.66. The van der Waals surface area contributed by atoms with Crippen LogP contribution in [0.15, 0.2) is 22.7 Å². The van der Waals surface area contributed by atoms with Crippen molar-refractivity contribution in [3.63, 3.8) is 0 Å². The van der Waals surface area contributed by atoms with E-state index in [1.807, 2.05) is 25.1 Å². The molecule has 0 saturated carbocycles. The zero-order valence-electron chi connectivity index (χ0n) is 11.6. The number of benzene rings is 1. The fourth-order valence-electron chi connectivity index (χ4n) is 2.50. The van der Waals surface area contributed by atoms with Crippen LogP contribution in [0.25, 0.3) is 11.5 Å². The zero-order valence-corrected chi connectivity index (χ0v) is 11.6. The van der Waals surface area contributed by atoms with Gasteiger partial charge >= 0.3 is 0 Å². The number of ether oxygens (including phenoxy) is 1. The summed E-state index contributed by atoms with van der Waals surface area (Å²) >= 11 is 0. The van der Waals surface area contributed by atoms with Gasteiger partial charge in [0.15, 0.2) is 5.82 Å². The molecule has 5 heteroatoms. The molecule has 106 valence electrons. The minimum Gasteiger partial charge on any atom is -0.398 e. The largest absolute Gasteiger partial charge is 0.398 e. The SMILES string of the molecule is Cc1c(N)cccc1-c1nc(CC2CCCCO2)no1. The first-order chi connectivity index (χ1) is 9.74. The number of hydrogen-bond acceptors (Lipinski definition) is 5. The highest BCUT2D eigenvalue weighted by Crippen LogP contribution is 2.26. The lowest BCUT2D eigenvalue weighted by Crippen LogP contribution is -2.21. The maximum absolute atomic E-state index is 5.90. The summed E-state index contributed by atoms with van der Waals surface area (Å²) in [4.78, 5) is 4.46. The number of aromatic nitrogens is 2. The molecular weight excluding hydrogens is 254 g/mol. The Morgan fingerprint density at radius 3 is 3.05 bits per heavy atom. The molecule has 2 aromatic rings. The predicted octanol–water partition coefficient (Wildman–Crippen LogP) is 2.74. The molecule has 1 aliphatic heterocycles. The number of anilines is 1. The number of rotatable bonds is 3. The Morgan fingerprint density at radius 2 is 2.25 bits per heavy atom. The van der Waals surface area contributed by atoms with Crippen molar-refractivity contribution in [1.82, 2.24) is 10.1 Å². The minimum atomic E-state index is 0.219. The van der Waals surface area contributed by atoms with Crippen LogP contribution in [0.4, 0.5) is 5.69 Å². The Labute approximate surface area is 118 Å². The molecule has 2 heterocycles. The van der Waals surface area contributed by atoms with Crippen LogP contribution in [0, 0.1) is 6.92 Å². The summed E-state index contributed by atoms with van der Waals surface area (Å²) < 4.78 is 11.1. The van der Waals surface area contributed by atoms with Crippen molar-refractivity contribution in [3.8, 4) is 11.5 Å². The fraction of sp³-hybridized carbons (Fsp3) is 0.467. The molecule has 3 rings (SSSR count). The van der Waals surface area contributed by atoms with Gasteiger partial charge in [0.2, 0.25) is 0 Å². The van der Waals surface area contributed by atoms with Gasteiger partial charge in [-0.1, -0.05) is 11.2 Å². The summed E-state index contributed by atoms with van der Waals surface area (Å²) in [6.07, 6.45) is 4.36. The second kappa shape index (κ2) is 5.63. The quantitative estimate of drug-likeness (QED) is 0.870. The van der Waals surface area contributed by atoms with Gasteiger partial charge in [0.25, 0.3) is 5.89 Å². The normalized spacial score (nSPS) is 19.1. The lowest BCUT2D eigenvalue weighted by Gasteiger charge is -2.20. The Hall–Kier alpha value is -1.88. The van der Waals surface area contributed by atoms with Crippen LogP contribution in [0.5, 0.6) is 0 Å². The average molecular weight is 273 g/mol. The molecule has 1 aromatic heterocycles. The summed E-state index contributed by atoms with van der Waals surface area (Å²) in [5, 5.41) is 4.05. The van der Waals surface area contributed by atoms with Crippen molar-refractivity contribution in [2.75, 3.05) is 12.3 Å². The lowest BCUT2D eigenvalue weighted by molar-refractivity contribution is 0.0153. The van der Waals surface area contributed by atoms with E-state index in [1.54, 1.807) is 0 Å². The Morgan fingerprint density at radius 1 is 1.35 bits per heavy atom. The molecule has 20 heavy (non-hydrogen) atoms. The molecule has 2 N–H and O–H groups in total. The second-order valence-corrected chi connectivity index (χ2v) is 5.23. The van der Waals surface area contributed by atoms with Crippen LogP contribution in [-0.4, -0.2) is 22.9 Å². The molecule has 1 aliphatic rings. The highest BCUT2D eigenvalue weighted by atomic mass is 16.5. The van der Waals surface area contributed by atoms with Gasteiger partial charge in [-0.3, -0.25) is 0 Å². The average Bonchev–Trinajstić information content (AvgIpc) is 2.91. The molecule has 0 spiro atoms. The van der Waals surface area contributed by atoms with E-state index in [-0.39, 0.29) is 6.10 Å². The first-order valence-electron chi connectivity index (χ1n) is 7.03. The smallest absolute Gasteiger partial charge is 0.258 e. The van der Waals surface area contributed by atoms with Gasteiger partial charge in [-0.2, -0.15) is 4.98 Å². The van der Waals surface area contributed by atoms with Crippen molar-refractivity contribution in [2.24, 2.45) is 0 Å². The predicted molar refractivity (Wildman–Crippen MR) is 76.2 cm³/mol. The molecule has 1 fully saturated rings. The van der Waals surface area contributed by atoms with Crippen LogP contribution in [0.1, 0.15) is 30.7 Å². The molecule has 0 amide bonds. The molecule has 0 aliphatic carbocycles. The molecule has 5 nitrogen and oxygen atoms in total. The number of nitrogens with two attached hydrogens (primary N) is 1. The topological polar surface area (TPSA) is 74.2 Å². The third kappa shape index (κ3) is 2.67. The van der Waals surface area contributed by atoms with Gasteiger partial charge in [0.1, 0.15) is 0 Å². The summed E-state index contributed by atoms with van der Waals surface area (Å²) in [6, 6.07) is 5.71. The molecule has 0 bridgehead atoms.